The molecule has 0 saturated carbocycles. The summed E-state index contributed by atoms with van der Waals surface area (Å²) in [5.41, 5.74) is 0.427. The Morgan fingerprint density at radius 3 is 2.94 bits per heavy atom. The first-order valence-corrected chi connectivity index (χ1v) is 5.16. The molecule has 2 rings (SSSR count). The lowest BCUT2D eigenvalue weighted by molar-refractivity contribution is -0.135. The van der Waals surface area contributed by atoms with E-state index in [9.17, 15) is 15.0 Å². The van der Waals surface area contributed by atoms with Gasteiger partial charge >= 0.3 is 0 Å². The Labute approximate surface area is 97.6 Å². The number of aliphatic hydroxyl groups excluding tert-OH is 3. The van der Waals surface area contributed by atoms with Gasteiger partial charge in [-0.25, -0.2) is 0 Å². The van der Waals surface area contributed by atoms with E-state index in [0.717, 1.165) is 0 Å². The summed E-state index contributed by atoms with van der Waals surface area (Å²) >= 11 is 0. The second-order valence-electron chi connectivity index (χ2n) is 3.91. The highest BCUT2D eigenvalue weighted by molar-refractivity contribution is 5.93. The zero-order valence-corrected chi connectivity index (χ0v) is 9.25. The molecule has 7 heteroatoms. The second-order valence-corrected chi connectivity index (χ2v) is 3.91. The summed E-state index contributed by atoms with van der Waals surface area (Å²) in [6.45, 7) is 1.20. The minimum atomic E-state index is -1.21. The van der Waals surface area contributed by atoms with Gasteiger partial charge in [-0.3, -0.25) is 9.69 Å². The Balaban J connectivity index is 2.13. The lowest BCUT2D eigenvalue weighted by atomic mass is 10.2. The summed E-state index contributed by atoms with van der Waals surface area (Å²) in [7, 11) is 0. The van der Waals surface area contributed by atoms with Crippen LogP contribution in [0.2, 0.25) is 0 Å². The van der Waals surface area contributed by atoms with Gasteiger partial charge in [0.15, 0.2) is 12.0 Å². The Bertz CT molecular complexity index is 404. The van der Waals surface area contributed by atoms with Crippen LogP contribution in [0.4, 0.5) is 0 Å². The third-order valence-electron chi connectivity index (χ3n) is 2.69. The Morgan fingerprint density at radius 1 is 1.65 bits per heavy atom. The van der Waals surface area contributed by atoms with Gasteiger partial charge in [-0.1, -0.05) is 0 Å². The van der Waals surface area contributed by atoms with Crippen LogP contribution < -0.4 is 5.32 Å². The number of aliphatic hydroxyl groups is 3. The number of nitrogens with one attached hydrogen (secondary N) is 1. The zero-order chi connectivity index (χ0) is 12.6. The first kappa shape index (κ1) is 11.7. The molecule has 1 amide bonds. The quantitative estimate of drug-likeness (QED) is 0.501. The maximum atomic E-state index is 11.2. The van der Waals surface area contributed by atoms with Crippen molar-refractivity contribution in [1.82, 2.24) is 10.2 Å². The SMILES string of the molecule is CC1=CN([C@H]2CC(O)=C(CO)O2)C(O)NC1=O. The largest absolute Gasteiger partial charge is 0.508 e. The second kappa shape index (κ2) is 4.27. The summed E-state index contributed by atoms with van der Waals surface area (Å²) in [5.74, 6) is -0.316. The van der Waals surface area contributed by atoms with Gasteiger partial charge in [0.05, 0.1) is 6.42 Å². The molecule has 0 aromatic heterocycles. The third kappa shape index (κ3) is 2.06. The first-order valence-electron chi connectivity index (χ1n) is 5.16. The average molecular weight is 242 g/mol. The van der Waals surface area contributed by atoms with E-state index in [1.54, 1.807) is 6.92 Å². The normalized spacial score (nSPS) is 29.0. The predicted octanol–water partition coefficient (Wildman–Crippen LogP) is -0.894. The fourth-order valence-electron chi connectivity index (χ4n) is 1.75. The smallest absolute Gasteiger partial charge is 0.251 e. The molecule has 0 fully saturated rings. The van der Waals surface area contributed by atoms with Crippen molar-refractivity contribution in [2.75, 3.05) is 6.61 Å². The topological polar surface area (TPSA) is 102 Å². The average Bonchev–Trinajstić information content (AvgIpc) is 2.65. The van der Waals surface area contributed by atoms with E-state index in [0.29, 0.717) is 5.57 Å². The maximum absolute atomic E-state index is 11.2. The molecule has 4 N–H and O–H groups in total. The van der Waals surface area contributed by atoms with Crippen molar-refractivity contribution in [2.45, 2.75) is 25.9 Å². The van der Waals surface area contributed by atoms with Crippen molar-refractivity contribution in [3.05, 3.63) is 23.3 Å². The van der Waals surface area contributed by atoms with Gasteiger partial charge in [-0.05, 0) is 6.92 Å². The van der Waals surface area contributed by atoms with E-state index in [2.05, 4.69) is 5.32 Å². The van der Waals surface area contributed by atoms with E-state index in [-0.39, 0.29) is 23.8 Å². The molecular formula is C10H14N2O5. The monoisotopic (exact) mass is 242 g/mol. The van der Waals surface area contributed by atoms with Gasteiger partial charge in [0.25, 0.3) is 5.91 Å². The standard InChI is InChI=1S/C10H14N2O5/c1-5-3-12(10(16)11-9(5)15)8-2-6(14)7(4-13)17-8/h3,8,10,13-14,16H,2,4H2,1H3,(H,11,15)/t8-,10?/m1/s1. The highest BCUT2D eigenvalue weighted by Gasteiger charge is 2.35. The summed E-state index contributed by atoms with van der Waals surface area (Å²) in [4.78, 5) is 12.6. The van der Waals surface area contributed by atoms with E-state index in [1.165, 1.54) is 11.1 Å². The highest BCUT2D eigenvalue weighted by atomic mass is 16.5. The number of amides is 1. The van der Waals surface area contributed by atoms with Crippen LogP contribution in [0.3, 0.4) is 0 Å². The lowest BCUT2D eigenvalue weighted by Gasteiger charge is -2.35. The van der Waals surface area contributed by atoms with Crippen molar-refractivity contribution in [2.24, 2.45) is 0 Å². The van der Waals surface area contributed by atoms with Gasteiger partial charge in [0.1, 0.15) is 12.4 Å². The number of hydrogen-bond donors (Lipinski definition) is 4. The Morgan fingerprint density at radius 2 is 2.35 bits per heavy atom. The minimum Gasteiger partial charge on any atom is -0.508 e. The molecular weight excluding hydrogens is 228 g/mol. The molecule has 0 spiro atoms. The highest BCUT2D eigenvalue weighted by Crippen LogP contribution is 2.27. The number of carbonyl (C=O) groups is 1. The van der Waals surface area contributed by atoms with Gasteiger partial charge < -0.3 is 25.4 Å². The van der Waals surface area contributed by atoms with E-state index >= 15 is 0 Å². The number of hydrogen-bond acceptors (Lipinski definition) is 6. The van der Waals surface area contributed by atoms with Crippen LogP contribution in [0.5, 0.6) is 0 Å². The lowest BCUT2D eigenvalue weighted by Crippen LogP contribution is -2.53. The molecule has 2 heterocycles. The Hall–Kier alpha value is -1.73. The zero-order valence-electron chi connectivity index (χ0n) is 9.25. The fraction of sp³-hybridized carbons (Fsp3) is 0.500. The summed E-state index contributed by atoms with van der Waals surface area (Å²) in [6, 6.07) is 0. The van der Waals surface area contributed by atoms with Crippen LogP contribution in [-0.4, -0.2) is 45.3 Å². The van der Waals surface area contributed by atoms with Crippen LogP contribution in [0, 0.1) is 0 Å². The maximum Gasteiger partial charge on any atom is 0.251 e. The molecule has 17 heavy (non-hydrogen) atoms. The van der Waals surface area contributed by atoms with Crippen molar-refractivity contribution in [1.29, 1.82) is 0 Å². The summed E-state index contributed by atoms with van der Waals surface area (Å²) in [6.07, 6.45) is -0.237. The van der Waals surface area contributed by atoms with E-state index in [4.69, 9.17) is 9.84 Å². The van der Waals surface area contributed by atoms with Crippen LogP contribution in [0.15, 0.2) is 23.3 Å². The van der Waals surface area contributed by atoms with Crippen LogP contribution in [0.1, 0.15) is 13.3 Å². The molecule has 0 aromatic rings. The van der Waals surface area contributed by atoms with Crippen molar-refractivity contribution >= 4 is 5.91 Å². The van der Waals surface area contributed by atoms with Crippen molar-refractivity contribution in [3.63, 3.8) is 0 Å². The van der Waals surface area contributed by atoms with Crippen molar-refractivity contribution < 1.29 is 24.9 Å². The fourth-order valence-corrected chi connectivity index (χ4v) is 1.75. The number of carbonyl (C=O) groups excluding carboxylic acids is 1. The number of ether oxygens (including phenoxy) is 1. The summed E-state index contributed by atoms with van der Waals surface area (Å²) in [5, 5.41) is 30.4. The van der Waals surface area contributed by atoms with Gasteiger partial charge in [0, 0.05) is 11.8 Å². The van der Waals surface area contributed by atoms with Crippen LogP contribution in [0.25, 0.3) is 0 Å². The van der Waals surface area contributed by atoms with Crippen molar-refractivity contribution in [3.8, 4) is 0 Å². The van der Waals surface area contributed by atoms with Gasteiger partial charge in [-0.15, -0.1) is 0 Å². The molecule has 94 valence electrons. The van der Waals surface area contributed by atoms with Gasteiger partial charge in [0.2, 0.25) is 6.35 Å². The third-order valence-corrected chi connectivity index (χ3v) is 2.69. The molecule has 0 bridgehead atoms. The molecule has 2 atom stereocenters. The predicted molar refractivity (Wildman–Crippen MR) is 56.0 cm³/mol. The van der Waals surface area contributed by atoms with E-state index in [1.807, 2.05) is 0 Å². The molecule has 1 unspecified atom stereocenters. The van der Waals surface area contributed by atoms with Crippen LogP contribution >= 0.6 is 0 Å². The molecule has 0 aromatic carbocycles. The molecule has 2 aliphatic rings. The number of rotatable bonds is 2. The molecule has 2 aliphatic heterocycles. The minimum absolute atomic E-state index is 0.0485. The summed E-state index contributed by atoms with van der Waals surface area (Å²) < 4.78 is 5.27. The molecule has 7 nitrogen and oxygen atoms in total. The van der Waals surface area contributed by atoms with E-state index < -0.39 is 19.2 Å². The molecule has 0 saturated heterocycles. The molecule has 0 radical (unpaired) electrons. The van der Waals surface area contributed by atoms with Crippen LogP contribution in [-0.2, 0) is 9.53 Å². The number of nitrogens with zero attached hydrogens (tertiary/aromatic N) is 1. The first-order chi connectivity index (χ1) is 8.02. The van der Waals surface area contributed by atoms with Gasteiger partial charge in [-0.2, -0.15) is 0 Å². The Kier molecular flexibility index (Phi) is 2.95. The molecule has 0 aliphatic carbocycles.